The van der Waals surface area contributed by atoms with Gasteiger partial charge in [-0.1, -0.05) is 45.0 Å². The first-order valence-electron chi connectivity index (χ1n) is 7.25. The number of halogens is 3. The van der Waals surface area contributed by atoms with Gasteiger partial charge in [-0.25, -0.2) is 0 Å². The van der Waals surface area contributed by atoms with Gasteiger partial charge in [0.05, 0.1) is 6.54 Å². The fourth-order valence-electron chi connectivity index (χ4n) is 2.16. The van der Waals surface area contributed by atoms with Crippen LogP contribution in [0.25, 0.3) is 0 Å². The van der Waals surface area contributed by atoms with Crippen LogP contribution < -0.4 is 5.32 Å². The highest BCUT2D eigenvalue weighted by molar-refractivity contribution is 5.25. The third-order valence-electron chi connectivity index (χ3n) is 3.28. The molecule has 0 aliphatic carbocycles. The van der Waals surface area contributed by atoms with Crippen molar-refractivity contribution in [2.24, 2.45) is 0 Å². The van der Waals surface area contributed by atoms with Crippen LogP contribution in [-0.2, 0) is 6.54 Å². The molecule has 120 valence electrons. The number of nitrogens with zero attached hydrogens (tertiary/aromatic N) is 1. The van der Waals surface area contributed by atoms with Crippen LogP contribution in [0.1, 0.15) is 37.8 Å². The molecule has 1 atom stereocenters. The largest absolute Gasteiger partial charge is 0.401 e. The maximum absolute atomic E-state index is 12.3. The molecule has 0 heterocycles. The lowest BCUT2D eigenvalue weighted by Crippen LogP contribution is -2.30. The molecule has 0 aliphatic heterocycles. The Hall–Kier alpha value is -1.07. The van der Waals surface area contributed by atoms with Gasteiger partial charge in [-0.15, -0.1) is 0 Å². The van der Waals surface area contributed by atoms with E-state index in [9.17, 15) is 13.2 Å². The molecular formula is C16H25F3N2. The molecule has 0 saturated carbocycles. The van der Waals surface area contributed by atoms with Crippen LogP contribution in [0.2, 0.25) is 0 Å². The average molecular weight is 302 g/mol. The molecule has 0 radical (unpaired) electrons. The minimum atomic E-state index is -4.15. The van der Waals surface area contributed by atoms with Gasteiger partial charge < -0.3 is 5.32 Å². The highest BCUT2D eigenvalue weighted by atomic mass is 19.4. The summed E-state index contributed by atoms with van der Waals surface area (Å²) in [4.78, 5) is 1.28. The second kappa shape index (κ2) is 7.80. The Morgan fingerprint density at radius 1 is 1.10 bits per heavy atom. The fourth-order valence-corrected chi connectivity index (χ4v) is 2.16. The van der Waals surface area contributed by atoms with Gasteiger partial charge in [0.2, 0.25) is 0 Å². The quantitative estimate of drug-likeness (QED) is 0.824. The fraction of sp³-hybridized carbons (Fsp3) is 0.625. The van der Waals surface area contributed by atoms with E-state index in [0.29, 0.717) is 18.5 Å². The minimum Gasteiger partial charge on any atom is -0.314 e. The standard InChI is InChI=1S/C16H25F3N2/c1-12(2)20-9-13(3)15-7-5-14(6-8-15)10-21(4)11-16(17,18)19/h5-8,12-13,20H,9-11H2,1-4H3. The average Bonchev–Trinajstić information content (AvgIpc) is 2.34. The normalized spacial score (nSPS) is 14.0. The summed E-state index contributed by atoms with van der Waals surface area (Å²) in [6, 6.07) is 8.28. The van der Waals surface area contributed by atoms with Crippen molar-refractivity contribution in [1.29, 1.82) is 0 Å². The zero-order valence-corrected chi connectivity index (χ0v) is 13.2. The molecule has 1 N–H and O–H groups in total. The van der Waals surface area contributed by atoms with E-state index in [4.69, 9.17) is 0 Å². The Morgan fingerprint density at radius 3 is 2.14 bits per heavy atom. The van der Waals surface area contributed by atoms with E-state index in [-0.39, 0.29) is 0 Å². The predicted octanol–water partition coefficient (Wildman–Crippen LogP) is 3.78. The maximum Gasteiger partial charge on any atom is 0.401 e. The first-order valence-corrected chi connectivity index (χ1v) is 7.25. The Bertz CT molecular complexity index is 413. The smallest absolute Gasteiger partial charge is 0.314 e. The van der Waals surface area contributed by atoms with Crippen LogP contribution in [0.5, 0.6) is 0 Å². The topological polar surface area (TPSA) is 15.3 Å². The van der Waals surface area contributed by atoms with Crippen molar-refractivity contribution in [2.75, 3.05) is 20.1 Å². The minimum absolute atomic E-state index is 0.304. The second-order valence-electron chi connectivity index (χ2n) is 5.99. The molecule has 0 saturated heterocycles. The molecule has 0 spiro atoms. The third kappa shape index (κ3) is 7.48. The molecule has 0 bridgehead atoms. The van der Waals surface area contributed by atoms with Crippen LogP contribution in [0, 0.1) is 0 Å². The van der Waals surface area contributed by atoms with E-state index in [2.05, 4.69) is 26.1 Å². The third-order valence-corrected chi connectivity index (χ3v) is 3.28. The van der Waals surface area contributed by atoms with Gasteiger partial charge in [-0.2, -0.15) is 13.2 Å². The van der Waals surface area contributed by atoms with Gasteiger partial charge in [0.1, 0.15) is 0 Å². The number of hydrogen-bond acceptors (Lipinski definition) is 2. The molecule has 1 unspecified atom stereocenters. The lowest BCUT2D eigenvalue weighted by Gasteiger charge is -2.19. The highest BCUT2D eigenvalue weighted by Crippen LogP contribution is 2.19. The number of nitrogens with one attached hydrogen (secondary N) is 1. The lowest BCUT2D eigenvalue weighted by molar-refractivity contribution is -0.144. The Morgan fingerprint density at radius 2 is 1.67 bits per heavy atom. The zero-order valence-electron chi connectivity index (χ0n) is 13.2. The first kappa shape index (κ1) is 18.0. The number of rotatable bonds is 7. The summed E-state index contributed by atoms with van der Waals surface area (Å²) in [6.07, 6.45) is -4.15. The molecule has 0 aromatic heterocycles. The van der Waals surface area contributed by atoms with Crippen LogP contribution >= 0.6 is 0 Å². The van der Waals surface area contributed by atoms with Gasteiger partial charge in [-0.3, -0.25) is 4.90 Å². The van der Waals surface area contributed by atoms with E-state index < -0.39 is 12.7 Å². The lowest BCUT2D eigenvalue weighted by atomic mass is 9.99. The van der Waals surface area contributed by atoms with Crippen molar-refractivity contribution in [3.8, 4) is 0 Å². The van der Waals surface area contributed by atoms with Crippen molar-refractivity contribution in [3.63, 3.8) is 0 Å². The van der Waals surface area contributed by atoms with Gasteiger partial charge in [-0.05, 0) is 24.1 Å². The monoisotopic (exact) mass is 302 g/mol. The summed E-state index contributed by atoms with van der Waals surface area (Å²) in [6.45, 7) is 6.66. The first-order chi connectivity index (χ1) is 9.67. The molecule has 21 heavy (non-hydrogen) atoms. The number of alkyl halides is 3. The second-order valence-corrected chi connectivity index (χ2v) is 5.99. The molecule has 5 heteroatoms. The van der Waals surface area contributed by atoms with Crippen molar-refractivity contribution in [3.05, 3.63) is 35.4 Å². The van der Waals surface area contributed by atoms with Crippen molar-refractivity contribution in [2.45, 2.75) is 45.5 Å². The van der Waals surface area contributed by atoms with Crippen molar-refractivity contribution >= 4 is 0 Å². The summed E-state index contributed by atoms with van der Waals surface area (Å²) in [5.74, 6) is 0.384. The van der Waals surface area contributed by atoms with Gasteiger partial charge in [0.25, 0.3) is 0 Å². The molecule has 1 aromatic rings. The summed E-state index contributed by atoms with van der Waals surface area (Å²) in [5.41, 5.74) is 2.10. The van der Waals surface area contributed by atoms with Crippen molar-refractivity contribution < 1.29 is 13.2 Å². The zero-order chi connectivity index (χ0) is 16.0. The van der Waals surface area contributed by atoms with E-state index in [0.717, 1.165) is 12.1 Å². The molecule has 0 amide bonds. The van der Waals surface area contributed by atoms with Crippen LogP contribution in [0.3, 0.4) is 0 Å². The van der Waals surface area contributed by atoms with E-state index in [1.807, 2.05) is 24.3 Å². The van der Waals surface area contributed by atoms with Gasteiger partial charge >= 0.3 is 6.18 Å². The Balaban J connectivity index is 2.53. The van der Waals surface area contributed by atoms with E-state index in [1.165, 1.54) is 17.5 Å². The van der Waals surface area contributed by atoms with Crippen molar-refractivity contribution in [1.82, 2.24) is 10.2 Å². The summed E-state index contributed by atoms with van der Waals surface area (Å²) in [5, 5.41) is 3.38. The predicted molar refractivity (Wildman–Crippen MR) is 80.4 cm³/mol. The Labute approximate surface area is 125 Å². The molecule has 1 aromatic carbocycles. The summed E-state index contributed by atoms with van der Waals surface area (Å²) >= 11 is 0. The van der Waals surface area contributed by atoms with E-state index >= 15 is 0 Å². The SMILES string of the molecule is CC(C)NCC(C)c1ccc(CN(C)CC(F)(F)F)cc1. The van der Waals surface area contributed by atoms with Crippen LogP contribution in [0.15, 0.2) is 24.3 Å². The molecule has 0 aliphatic rings. The van der Waals surface area contributed by atoms with Crippen LogP contribution in [-0.4, -0.2) is 37.3 Å². The van der Waals surface area contributed by atoms with Gasteiger partial charge in [0, 0.05) is 19.1 Å². The summed E-state index contributed by atoms with van der Waals surface area (Å²) < 4.78 is 36.8. The van der Waals surface area contributed by atoms with E-state index in [1.54, 1.807) is 0 Å². The Kier molecular flexibility index (Phi) is 6.68. The molecular weight excluding hydrogens is 277 g/mol. The molecule has 2 nitrogen and oxygen atoms in total. The van der Waals surface area contributed by atoms with Gasteiger partial charge in [0.15, 0.2) is 0 Å². The summed E-state index contributed by atoms with van der Waals surface area (Å²) in [7, 11) is 1.48. The number of benzene rings is 1. The maximum atomic E-state index is 12.3. The number of hydrogen-bond donors (Lipinski definition) is 1. The molecule has 1 rings (SSSR count). The highest BCUT2D eigenvalue weighted by Gasteiger charge is 2.28. The molecule has 0 fully saturated rings. The van der Waals surface area contributed by atoms with Crippen LogP contribution in [0.4, 0.5) is 13.2 Å².